The molecule has 3 rings (SSSR count). The molecule has 0 unspecified atom stereocenters. The van der Waals surface area contributed by atoms with Gasteiger partial charge in [-0.2, -0.15) is 0 Å². The molecule has 27 heavy (non-hydrogen) atoms. The highest BCUT2D eigenvalue weighted by molar-refractivity contribution is 5.77. The van der Waals surface area contributed by atoms with Crippen molar-refractivity contribution in [1.29, 1.82) is 0 Å². The molecule has 0 aromatic heterocycles. The predicted octanol–water partition coefficient (Wildman–Crippen LogP) is 2.29. The highest BCUT2D eigenvalue weighted by Crippen LogP contribution is 2.38. The Hall–Kier alpha value is -2.08. The van der Waals surface area contributed by atoms with E-state index >= 15 is 0 Å². The summed E-state index contributed by atoms with van der Waals surface area (Å²) in [5.41, 5.74) is 1.27. The van der Waals surface area contributed by atoms with Crippen LogP contribution in [-0.2, 0) is 16.0 Å². The van der Waals surface area contributed by atoms with Crippen molar-refractivity contribution in [2.24, 2.45) is 5.41 Å². The fourth-order valence-corrected chi connectivity index (χ4v) is 4.29. The van der Waals surface area contributed by atoms with E-state index in [1.165, 1.54) is 5.56 Å². The zero-order valence-corrected chi connectivity index (χ0v) is 16.3. The van der Waals surface area contributed by atoms with E-state index in [0.717, 1.165) is 45.3 Å². The number of piperidine rings is 2. The van der Waals surface area contributed by atoms with Gasteiger partial charge >= 0.3 is 6.03 Å². The maximum atomic E-state index is 12.6. The first-order valence-corrected chi connectivity index (χ1v) is 9.95. The third-order valence-electron chi connectivity index (χ3n) is 5.79. The lowest BCUT2D eigenvalue weighted by Gasteiger charge is -2.48. The molecule has 148 valence electrons. The Morgan fingerprint density at radius 2 is 2.04 bits per heavy atom. The molecule has 1 aromatic carbocycles. The highest BCUT2D eigenvalue weighted by atomic mass is 16.5. The van der Waals surface area contributed by atoms with Crippen LogP contribution >= 0.6 is 0 Å². The van der Waals surface area contributed by atoms with Gasteiger partial charge in [0.2, 0.25) is 5.91 Å². The quantitative estimate of drug-likeness (QED) is 0.832. The monoisotopic (exact) mass is 373 g/mol. The zero-order valence-electron chi connectivity index (χ0n) is 16.3. The van der Waals surface area contributed by atoms with Crippen molar-refractivity contribution in [2.75, 3.05) is 46.4 Å². The molecule has 2 fully saturated rings. The van der Waals surface area contributed by atoms with Crippen molar-refractivity contribution < 1.29 is 14.3 Å². The molecule has 0 saturated carbocycles. The molecular formula is C21H31N3O3. The van der Waals surface area contributed by atoms with E-state index in [9.17, 15) is 9.59 Å². The van der Waals surface area contributed by atoms with E-state index in [1.807, 2.05) is 28.0 Å². The molecule has 1 atom stereocenters. The third kappa shape index (κ3) is 5.22. The smallest absolute Gasteiger partial charge is 0.317 e. The van der Waals surface area contributed by atoms with Gasteiger partial charge in [0.1, 0.15) is 0 Å². The molecule has 0 radical (unpaired) electrons. The van der Waals surface area contributed by atoms with Gasteiger partial charge in [-0.1, -0.05) is 30.3 Å². The second-order valence-corrected chi connectivity index (χ2v) is 7.80. The Bertz CT molecular complexity index is 637. The van der Waals surface area contributed by atoms with Crippen LogP contribution < -0.4 is 5.32 Å². The number of rotatable bonds is 6. The minimum atomic E-state index is 0.0188. The average Bonchev–Trinajstić information content (AvgIpc) is 2.70. The van der Waals surface area contributed by atoms with E-state index < -0.39 is 0 Å². The van der Waals surface area contributed by atoms with Crippen LogP contribution in [0.15, 0.2) is 30.3 Å². The van der Waals surface area contributed by atoms with Gasteiger partial charge in [0.25, 0.3) is 0 Å². The lowest BCUT2D eigenvalue weighted by molar-refractivity contribution is -0.139. The number of methoxy groups -OCH3 is 1. The van der Waals surface area contributed by atoms with Crippen molar-refractivity contribution in [3.05, 3.63) is 35.9 Å². The Labute approximate surface area is 161 Å². The minimum absolute atomic E-state index is 0.0188. The van der Waals surface area contributed by atoms with Crippen LogP contribution in [0.4, 0.5) is 4.79 Å². The van der Waals surface area contributed by atoms with Gasteiger partial charge in [-0.05, 0) is 31.2 Å². The van der Waals surface area contributed by atoms with Gasteiger partial charge in [-0.25, -0.2) is 4.79 Å². The number of nitrogens with zero attached hydrogens (tertiary/aromatic N) is 2. The fourth-order valence-electron chi connectivity index (χ4n) is 4.29. The highest BCUT2D eigenvalue weighted by Gasteiger charge is 2.42. The standard InChI is InChI=1S/C21H31N3O3/c1-27-15-14-23-16-21(11-8-19(23)25)10-5-13-24(17-21)20(26)22-12-9-18-6-3-2-4-7-18/h2-4,6-7H,5,8-17H2,1H3,(H,22,26)/t21-/m1/s1. The number of amides is 3. The number of urea groups is 1. The van der Waals surface area contributed by atoms with Crippen LogP contribution in [0.2, 0.25) is 0 Å². The maximum absolute atomic E-state index is 12.6. The van der Waals surface area contributed by atoms with Gasteiger partial charge in [0.15, 0.2) is 0 Å². The van der Waals surface area contributed by atoms with E-state index in [1.54, 1.807) is 7.11 Å². The number of carbonyl (C=O) groups excluding carboxylic acids is 2. The van der Waals surface area contributed by atoms with Crippen LogP contribution in [-0.4, -0.2) is 68.2 Å². The van der Waals surface area contributed by atoms with Gasteiger partial charge in [0, 0.05) is 51.7 Å². The summed E-state index contributed by atoms with van der Waals surface area (Å²) in [4.78, 5) is 28.7. The second kappa shape index (κ2) is 9.22. The van der Waals surface area contributed by atoms with Crippen LogP contribution in [0.1, 0.15) is 31.2 Å². The summed E-state index contributed by atoms with van der Waals surface area (Å²) in [7, 11) is 1.66. The predicted molar refractivity (Wildman–Crippen MR) is 104 cm³/mol. The topological polar surface area (TPSA) is 61.9 Å². The molecule has 6 heteroatoms. The van der Waals surface area contributed by atoms with Gasteiger partial charge < -0.3 is 19.9 Å². The lowest BCUT2D eigenvalue weighted by atomic mass is 9.73. The van der Waals surface area contributed by atoms with Crippen molar-refractivity contribution in [1.82, 2.24) is 15.1 Å². The number of ether oxygens (including phenoxy) is 1. The van der Waals surface area contributed by atoms with Gasteiger partial charge in [-0.3, -0.25) is 4.79 Å². The molecule has 6 nitrogen and oxygen atoms in total. The number of nitrogens with one attached hydrogen (secondary N) is 1. The molecule has 0 aliphatic carbocycles. The number of hydrogen-bond acceptors (Lipinski definition) is 3. The van der Waals surface area contributed by atoms with Crippen molar-refractivity contribution in [3.63, 3.8) is 0 Å². The molecule has 2 aliphatic heterocycles. The summed E-state index contributed by atoms with van der Waals surface area (Å²) in [6.07, 6.45) is 4.37. The third-order valence-corrected chi connectivity index (χ3v) is 5.79. The summed E-state index contributed by atoms with van der Waals surface area (Å²) in [6, 6.07) is 10.2. The van der Waals surface area contributed by atoms with E-state index in [2.05, 4.69) is 17.4 Å². The number of hydrogen-bond donors (Lipinski definition) is 1. The summed E-state index contributed by atoms with van der Waals surface area (Å²) < 4.78 is 5.14. The molecule has 2 heterocycles. The molecule has 3 amide bonds. The van der Waals surface area contributed by atoms with Gasteiger partial charge in [-0.15, -0.1) is 0 Å². The van der Waals surface area contributed by atoms with Crippen molar-refractivity contribution in [3.8, 4) is 0 Å². The first-order chi connectivity index (χ1) is 13.1. The van der Waals surface area contributed by atoms with Crippen LogP contribution in [0.25, 0.3) is 0 Å². The maximum Gasteiger partial charge on any atom is 0.317 e. The summed E-state index contributed by atoms with van der Waals surface area (Å²) in [5.74, 6) is 0.210. The summed E-state index contributed by atoms with van der Waals surface area (Å²) >= 11 is 0. The fraction of sp³-hybridized carbons (Fsp3) is 0.619. The largest absolute Gasteiger partial charge is 0.383 e. The Morgan fingerprint density at radius 1 is 1.22 bits per heavy atom. The Kier molecular flexibility index (Phi) is 6.72. The van der Waals surface area contributed by atoms with Crippen LogP contribution in [0.3, 0.4) is 0 Å². The Balaban J connectivity index is 1.52. The summed E-state index contributed by atoms with van der Waals surface area (Å²) in [5, 5.41) is 3.06. The molecule has 0 bridgehead atoms. The average molecular weight is 373 g/mol. The van der Waals surface area contributed by atoms with Crippen LogP contribution in [0.5, 0.6) is 0 Å². The van der Waals surface area contributed by atoms with Crippen LogP contribution in [0, 0.1) is 5.41 Å². The molecule has 1 spiro atoms. The lowest BCUT2D eigenvalue weighted by Crippen LogP contribution is -2.57. The minimum Gasteiger partial charge on any atom is -0.383 e. The zero-order chi connectivity index (χ0) is 19.1. The molecule has 1 aromatic rings. The molecular weight excluding hydrogens is 342 g/mol. The second-order valence-electron chi connectivity index (χ2n) is 7.80. The molecule has 2 saturated heterocycles. The SMILES string of the molecule is COCCN1C[C@@]2(CCCN(C(=O)NCCc3ccccc3)C2)CCC1=O. The van der Waals surface area contributed by atoms with E-state index in [0.29, 0.717) is 26.1 Å². The first kappa shape index (κ1) is 19.7. The van der Waals surface area contributed by atoms with Crippen molar-refractivity contribution in [2.45, 2.75) is 32.1 Å². The number of carbonyl (C=O) groups is 2. The normalized spacial score (nSPS) is 22.9. The summed E-state index contributed by atoms with van der Waals surface area (Å²) in [6.45, 7) is 4.12. The van der Waals surface area contributed by atoms with E-state index in [4.69, 9.17) is 4.74 Å². The molecule has 1 N–H and O–H groups in total. The Morgan fingerprint density at radius 3 is 2.81 bits per heavy atom. The van der Waals surface area contributed by atoms with Crippen molar-refractivity contribution >= 4 is 11.9 Å². The number of benzene rings is 1. The van der Waals surface area contributed by atoms with Gasteiger partial charge in [0.05, 0.1) is 6.61 Å². The number of likely N-dealkylation sites (tertiary alicyclic amines) is 2. The van der Waals surface area contributed by atoms with E-state index in [-0.39, 0.29) is 17.4 Å². The first-order valence-electron chi connectivity index (χ1n) is 9.95. The molecule has 2 aliphatic rings.